The van der Waals surface area contributed by atoms with Crippen LogP contribution in [-0.4, -0.2) is 30.6 Å². The van der Waals surface area contributed by atoms with E-state index in [0.717, 1.165) is 5.92 Å². The maximum Gasteiger partial charge on any atom is 0.0603 e. The minimum absolute atomic E-state index is 0.197. The minimum Gasteiger partial charge on any atom is -0.302 e. The number of allylic oxidation sites excluding steroid dienone is 1. The number of hydrogen-bond donors (Lipinski definition) is 2. The highest BCUT2D eigenvalue weighted by molar-refractivity contribution is 5.21. The predicted octanol–water partition coefficient (Wildman–Crippen LogP) is 3.22. The molecule has 116 valence electrons. The lowest BCUT2D eigenvalue weighted by Crippen LogP contribution is -2.63. The first-order valence-electron chi connectivity index (χ1n) is 8.42. The van der Waals surface area contributed by atoms with E-state index in [1.165, 1.54) is 57.8 Å². The zero-order chi connectivity index (χ0) is 14.6. The molecular weight excluding hydrogens is 246 g/mol. The van der Waals surface area contributed by atoms with Crippen molar-refractivity contribution in [2.75, 3.05) is 14.1 Å². The van der Waals surface area contributed by atoms with Gasteiger partial charge in [0.2, 0.25) is 0 Å². The monoisotopic (exact) mass is 279 g/mol. The smallest absolute Gasteiger partial charge is 0.0603 e. The van der Waals surface area contributed by atoms with Crippen LogP contribution in [-0.2, 0) is 0 Å². The van der Waals surface area contributed by atoms with Crippen molar-refractivity contribution in [2.24, 2.45) is 11.8 Å². The van der Waals surface area contributed by atoms with Crippen molar-refractivity contribution in [1.82, 2.24) is 10.3 Å². The van der Waals surface area contributed by atoms with Crippen LogP contribution in [0.2, 0.25) is 0 Å². The lowest BCUT2D eigenvalue weighted by molar-refractivity contribution is 0.0478. The molecule has 3 N–H and O–H groups in total. The Labute approximate surface area is 124 Å². The van der Waals surface area contributed by atoms with Crippen molar-refractivity contribution in [2.45, 2.75) is 76.3 Å². The molecule has 0 aromatic carbocycles. The topological polar surface area (TPSA) is 41.3 Å². The summed E-state index contributed by atoms with van der Waals surface area (Å²) in [6.45, 7) is 2.40. The highest BCUT2D eigenvalue weighted by Gasteiger charge is 2.44. The summed E-state index contributed by atoms with van der Waals surface area (Å²) in [6.07, 6.45) is 14.2. The van der Waals surface area contributed by atoms with E-state index in [9.17, 15) is 0 Å². The molecule has 3 atom stereocenters. The second kappa shape index (κ2) is 7.06. The lowest BCUT2D eigenvalue weighted by atomic mass is 9.69. The van der Waals surface area contributed by atoms with E-state index in [1.807, 2.05) is 0 Å². The van der Waals surface area contributed by atoms with Crippen LogP contribution in [0.4, 0.5) is 0 Å². The molecule has 3 heteroatoms. The zero-order valence-corrected chi connectivity index (χ0v) is 13.6. The van der Waals surface area contributed by atoms with Gasteiger partial charge < -0.3 is 4.90 Å². The molecule has 3 nitrogen and oxygen atoms in total. The van der Waals surface area contributed by atoms with Gasteiger partial charge in [-0.3, -0.25) is 11.3 Å². The largest absolute Gasteiger partial charge is 0.302 e. The molecule has 1 saturated carbocycles. The summed E-state index contributed by atoms with van der Waals surface area (Å²) in [5.41, 5.74) is 4.96. The van der Waals surface area contributed by atoms with Crippen molar-refractivity contribution in [3.8, 4) is 0 Å². The van der Waals surface area contributed by atoms with Crippen LogP contribution in [0.25, 0.3) is 0 Å². The molecule has 20 heavy (non-hydrogen) atoms. The number of likely N-dealkylation sites (N-methyl/N-ethyl adjacent to an activating group) is 1. The van der Waals surface area contributed by atoms with Gasteiger partial charge in [-0.05, 0) is 58.5 Å². The van der Waals surface area contributed by atoms with Crippen LogP contribution in [0.5, 0.6) is 0 Å². The van der Waals surface area contributed by atoms with Gasteiger partial charge in [0.25, 0.3) is 0 Å². The molecule has 0 saturated heterocycles. The maximum absolute atomic E-state index is 6.04. The van der Waals surface area contributed by atoms with Crippen molar-refractivity contribution < 1.29 is 0 Å². The first kappa shape index (κ1) is 16.0. The summed E-state index contributed by atoms with van der Waals surface area (Å²) >= 11 is 0. The summed E-state index contributed by atoms with van der Waals surface area (Å²) in [6, 6.07) is 0.318. The molecule has 0 aromatic rings. The van der Waals surface area contributed by atoms with Gasteiger partial charge in [0, 0.05) is 5.54 Å². The Morgan fingerprint density at radius 3 is 2.75 bits per heavy atom. The molecule has 0 spiro atoms. The van der Waals surface area contributed by atoms with E-state index in [4.69, 9.17) is 5.84 Å². The average Bonchev–Trinajstić information content (AvgIpc) is 2.68. The van der Waals surface area contributed by atoms with Gasteiger partial charge in [-0.15, -0.1) is 0 Å². The third-order valence-corrected chi connectivity index (χ3v) is 5.55. The third kappa shape index (κ3) is 3.26. The lowest BCUT2D eigenvalue weighted by Gasteiger charge is -2.50. The molecule has 0 aromatic heterocycles. The van der Waals surface area contributed by atoms with Gasteiger partial charge in [0.1, 0.15) is 0 Å². The van der Waals surface area contributed by atoms with Gasteiger partial charge in [-0.1, -0.05) is 37.8 Å². The summed E-state index contributed by atoms with van der Waals surface area (Å²) in [5, 5.41) is 0. The highest BCUT2D eigenvalue weighted by Crippen LogP contribution is 2.41. The van der Waals surface area contributed by atoms with Gasteiger partial charge in [0.15, 0.2) is 0 Å². The van der Waals surface area contributed by atoms with Crippen LogP contribution in [0, 0.1) is 5.92 Å². The Bertz CT molecular complexity index is 337. The van der Waals surface area contributed by atoms with E-state index >= 15 is 0 Å². The van der Waals surface area contributed by atoms with E-state index in [1.54, 1.807) is 5.57 Å². The van der Waals surface area contributed by atoms with Crippen molar-refractivity contribution in [3.05, 3.63) is 11.6 Å². The average molecular weight is 279 g/mol. The molecule has 1 fully saturated rings. The van der Waals surface area contributed by atoms with Crippen molar-refractivity contribution >= 4 is 0 Å². The Kier molecular flexibility index (Phi) is 5.65. The molecule has 0 aliphatic heterocycles. The summed E-state index contributed by atoms with van der Waals surface area (Å²) in [7, 11) is 4.47. The fourth-order valence-electron chi connectivity index (χ4n) is 4.40. The second-order valence-electron chi connectivity index (χ2n) is 7.18. The number of rotatable bonds is 4. The number of nitrogens with two attached hydrogens (primary N) is 1. The number of hydrogen-bond acceptors (Lipinski definition) is 3. The van der Waals surface area contributed by atoms with Crippen LogP contribution >= 0.6 is 0 Å². The fraction of sp³-hybridized carbons (Fsp3) is 0.882. The summed E-state index contributed by atoms with van der Waals surface area (Å²) in [4.78, 5) is 2.44. The fourth-order valence-corrected chi connectivity index (χ4v) is 4.40. The van der Waals surface area contributed by atoms with E-state index in [2.05, 4.69) is 37.4 Å². The highest BCUT2D eigenvalue weighted by atomic mass is 15.3. The second-order valence-corrected chi connectivity index (χ2v) is 7.18. The van der Waals surface area contributed by atoms with Crippen LogP contribution in [0.3, 0.4) is 0 Å². The first-order chi connectivity index (χ1) is 9.60. The van der Waals surface area contributed by atoms with Gasteiger partial charge in [0.05, 0.1) is 6.04 Å². The molecule has 0 radical (unpaired) electrons. The summed E-state index contributed by atoms with van der Waals surface area (Å²) < 4.78 is 0. The van der Waals surface area contributed by atoms with Crippen molar-refractivity contribution in [1.29, 1.82) is 0 Å². The molecular formula is C17H33N3. The van der Waals surface area contributed by atoms with Crippen LogP contribution < -0.4 is 11.3 Å². The Balaban J connectivity index is 2.27. The van der Waals surface area contributed by atoms with Gasteiger partial charge >= 0.3 is 0 Å². The molecule has 2 aliphatic rings. The van der Waals surface area contributed by atoms with E-state index < -0.39 is 0 Å². The Morgan fingerprint density at radius 1 is 1.30 bits per heavy atom. The van der Waals surface area contributed by atoms with Gasteiger partial charge in [-0.25, -0.2) is 0 Å². The Hall–Kier alpha value is -0.380. The number of nitrogens with zero attached hydrogens (tertiary/aromatic N) is 1. The van der Waals surface area contributed by atoms with E-state index in [0.29, 0.717) is 6.04 Å². The Morgan fingerprint density at radius 2 is 2.10 bits per heavy atom. The van der Waals surface area contributed by atoms with Crippen molar-refractivity contribution in [3.63, 3.8) is 0 Å². The molecule has 2 aliphatic carbocycles. The zero-order valence-electron chi connectivity index (χ0n) is 13.6. The van der Waals surface area contributed by atoms with Crippen LogP contribution in [0.15, 0.2) is 11.6 Å². The maximum atomic E-state index is 6.04. The third-order valence-electron chi connectivity index (χ3n) is 5.55. The molecule has 2 rings (SSSR count). The quantitative estimate of drug-likeness (QED) is 0.472. The summed E-state index contributed by atoms with van der Waals surface area (Å²) in [5.74, 6) is 6.84. The standard InChI is InChI=1S/C17H33N3/c1-14-9-8-12-17(13-14,20(2)3)16(19-18)15-10-6-4-5-7-11-15/h10,14,16,19H,4-9,11-13,18H2,1-3H3. The minimum atomic E-state index is 0.197. The molecule has 0 heterocycles. The van der Waals surface area contributed by atoms with E-state index in [-0.39, 0.29) is 5.54 Å². The first-order valence-corrected chi connectivity index (χ1v) is 8.42. The number of hydrazine groups is 1. The van der Waals surface area contributed by atoms with Gasteiger partial charge in [-0.2, -0.15) is 0 Å². The SMILES string of the molecule is CC1CCCC(C(NN)C2=CCCCCC2)(N(C)C)C1. The van der Waals surface area contributed by atoms with Crippen LogP contribution in [0.1, 0.15) is 64.7 Å². The molecule has 3 unspecified atom stereocenters. The number of nitrogens with one attached hydrogen (secondary N) is 1. The molecule has 0 bridgehead atoms. The molecule has 0 amide bonds. The predicted molar refractivity (Wildman–Crippen MR) is 86.3 cm³/mol. The normalized spacial score (nSPS) is 33.6.